The predicted molar refractivity (Wildman–Crippen MR) is 146 cm³/mol. The van der Waals surface area contributed by atoms with Gasteiger partial charge in [-0.1, -0.05) is 102 Å². The Morgan fingerprint density at radius 2 is 1.49 bits per heavy atom. The van der Waals surface area contributed by atoms with E-state index in [1.807, 2.05) is 54.6 Å². The quantitative estimate of drug-likeness (QED) is 0.323. The van der Waals surface area contributed by atoms with Gasteiger partial charge in [-0.15, -0.1) is 0 Å². The van der Waals surface area contributed by atoms with Crippen molar-refractivity contribution in [1.29, 1.82) is 0 Å². The smallest absolute Gasteiger partial charge is 0.243 e. The van der Waals surface area contributed by atoms with Crippen LogP contribution in [0.15, 0.2) is 83.3 Å². The Morgan fingerprint density at radius 1 is 0.857 bits per heavy atom. The highest BCUT2D eigenvalue weighted by molar-refractivity contribution is 9.10. The summed E-state index contributed by atoms with van der Waals surface area (Å²) in [6.45, 7) is 7.15. The lowest BCUT2D eigenvalue weighted by Crippen LogP contribution is -2.51. The molecule has 3 rings (SSSR count). The zero-order chi connectivity index (χ0) is 25.2. The fourth-order valence-electron chi connectivity index (χ4n) is 3.91. The minimum atomic E-state index is -0.592. The van der Waals surface area contributed by atoms with E-state index in [2.05, 4.69) is 66.3 Å². The van der Waals surface area contributed by atoms with Gasteiger partial charge in [0.1, 0.15) is 6.04 Å². The minimum absolute atomic E-state index is 0.0193. The van der Waals surface area contributed by atoms with Gasteiger partial charge in [0, 0.05) is 30.4 Å². The van der Waals surface area contributed by atoms with Crippen LogP contribution in [-0.2, 0) is 29.0 Å². The van der Waals surface area contributed by atoms with Gasteiger partial charge in [-0.3, -0.25) is 9.59 Å². The number of nitrogens with zero attached hydrogens (tertiary/aromatic N) is 1. The maximum absolute atomic E-state index is 13.7. The Bertz CT molecular complexity index is 1080. The summed E-state index contributed by atoms with van der Waals surface area (Å²) in [6.07, 6.45) is 1.46. The molecule has 3 aromatic rings. The number of aryl methyl sites for hydroxylation is 2. The Labute approximate surface area is 217 Å². The van der Waals surface area contributed by atoms with E-state index < -0.39 is 6.04 Å². The zero-order valence-corrected chi connectivity index (χ0v) is 22.4. The van der Waals surface area contributed by atoms with Crippen LogP contribution in [0.3, 0.4) is 0 Å². The summed E-state index contributed by atoms with van der Waals surface area (Å²) < 4.78 is 0.981. The highest BCUT2D eigenvalue weighted by atomic mass is 79.9. The second kappa shape index (κ2) is 13.2. The lowest BCUT2D eigenvalue weighted by atomic mass is 10.0. The van der Waals surface area contributed by atoms with Crippen molar-refractivity contribution in [3.63, 3.8) is 0 Å². The number of carbonyl (C=O) groups is 2. The van der Waals surface area contributed by atoms with Crippen molar-refractivity contribution in [3.05, 3.63) is 106 Å². The third kappa shape index (κ3) is 8.66. The average Bonchev–Trinajstić information content (AvgIpc) is 2.86. The average molecular weight is 536 g/mol. The number of hydrogen-bond donors (Lipinski definition) is 1. The highest BCUT2D eigenvalue weighted by Crippen LogP contribution is 2.19. The van der Waals surface area contributed by atoms with E-state index >= 15 is 0 Å². The van der Waals surface area contributed by atoms with Crippen molar-refractivity contribution >= 4 is 27.7 Å². The molecule has 2 amide bonds. The number of carbonyl (C=O) groups excluding carboxylic acids is 2. The molecular formula is C30H35BrN2O2. The van der Waals surface area contributed by atoms with E-state index in [-0.39, 0.29) is 11.8 Å². The van der Waals surface area contributed by atoms with Crippen molar-refractivity contribution in [2.24, 2.45) is 5.92 Å². The first-order chi connectivity index (χ1) is 16.8. The Balaban J connectivity index is 1.88. The fraction of sp³-hybridized carbons (Fsp3) is 0.333. The summed E-state index contributed by atoms with van der Waals surface area (Å²) >= 11 is 3.48. The first kappa shape index (κ1) is 26.7. The molecule has 0 fully saturated rings. The van der Waals surface area contributed by atoms with E-state index in [0.717, 1.165) is 21.2 Å². The molecule has 3 aromatic carbocycles. The fourth-order valence-corrected chi connectivity index (χ4v) is 4.18. The zero-order valence-electron chi connectivity index (χ0n) is 20.8. The summed E-state index contributed by atoms with van der Waals surface area (Å²) in [7, 11) is 0. The van der Waals surface area contributed by atoms with Gasteiger partial charge in [-0.2, -0.15) is 0 Å². The molecular weight excluding hydrogens is 500 g/mol. The lowest BCUT2D eigenvalue weighted by molar-refractivity contribution is -0.141. The summed E-state index contributed by atoms with van der Waals surface area (Å²) in [5, 5.41) is 3.07. The van der Waals surface area contributed by atoms with Crippen LogP contribution in [0.25, 0.3) is 0 Å². The van der Waals surface area contributed by atoms with Crippen LogP contribution in [0.2, 0.25) is 0 Å². The maximum atomic E-state index is 13.7. The molecule has 184 valence electrons. The second-order valence-corrected chi connectivity index (χ2v) is 10.4. The topological polar surface area (TPSA) is 49.4 Å². The van der Waals surface area contributed by atoms with Crippen molar-refractivity contribution < 1.29 is 9.59 Å². The Morgan fingerprint density at radius 3 is 2.11 bits per heavy atom. The number of hydrogen-bond acceptors (Lipinski definition) is 2. The van der Waals surface area contributed by atoms with E-state index in [1.165, 1.54) is 5.56 Å². The molecule has 0 heterocycles. The predicted octanol–water partition coefficient (Wildman–Crippen LogP) is 6.10. The monoisotopic (exact) mass is 534 g/mol. The molecule has 0 aliphatic rings. The number of halogens is 1. The van der Waals surface area contributed by atoms with Gasteiger partial charge in [0.25, 0.3) is 0 Å². The summed E-state index contributed by atoms with van der Waals surface area (Å²) in [5.41, 5.74) is 4.34. The van der Waals surface area contributed by atoms with Crippen molar-refractivity contribution in [2.75, 3.05) is 6.54 Å². The van der Waals surface area contributed by atoms with Crippen LogP contribution < -0.4 is 5.32 Å². The van der Waals surface area contributed by atoms with E-state index in [9.17, 15) is 9.59 Å². The molecule has 0 saturated carbocycles. The summed E-state index contributed by atoms with van der Waals surface area (Å²) in [5.74, 6) is 0.200. The molecule has 1 atom stereocenters. The van der Waals surface area contributed by atoms with Gasteiger partial charge in [0.05, 0.1) is 0 Å². The van der Waals surface area contributed by atoms with E-state index in [1.54, 1.807) is 4.90 Å². The van der Waals surface area contributed by atoms with Crippen LogP contribution in [0.1, 0.15) is 42.5 Å². The largest absolute Gasteiger partial charge is 0.354 e. The first-order valence-corrected chi connectivity index (χ1v) is 13.0. The Hall–Kier alpha value is -2.92. The van der Waals surface area contributed by atoms with Gasteiger partial charge >= 0.3 is 0 Å². The molecule has 0 unspecified atom stereocenters. The van der Waals surface area contributed by atoms with Gasteiger partial charge < -0.3 is 10.2 Å². The number of rotatable bonds is 11. The summed E-state index contributed by atoms with van der Waals surface area (Å²) in [4.78, 5) is 28.9. The molecule has 0 saturated heterocycles. The SMILES string of the molecule is Cc1ccc(CCC(=O)N(Cc2ccc(Br)cc2)[C@@H](Cc2ccccc2)C(=O)NCC(C)C)cc1. The highest BCUT2D eigenvalue weighted by Gasteiger charge is 2.30. The molecule has 0 spiro atoms. The van der Waals surface area contributed by atoms with Gasteiger partial charge in [0.2, 0.25) is 11.8 Å². The van der Waals surface area contributed by atoms with Crippen molar-refractivity contribution in [3.8, 4) is 0 Å². The molecule has 0 aliphatic carbocycles. The molecule has 0 aromatic heterocycles. The van der Waals surface area contributed by atoms with Crippen LogP contribution in [0.5, 0.6) is 0 Å². The second-order valence-electron chi connectivity index (χ2n) is 9.48. The van der Waals surface area contributed by atoms with Crippen LogP contribution in [0, 0.1) is 12.8 Å². The number of amides is 2. The standard InChI is InChI=1S/C30H35BrN2O2/c1-22(2)20-32-30(35)28(19-25-7-5-4-6-8-25)33(21-26-13-16-27(31)17-14-26)29(34)18-15-24-11-9-23(3)10-12-24/h4-14,16-17,22,28H,15,18-21H2,1-3H3,(H,32,35)/t28-/m0/s1. The van der Waals surface area contributed by atoms with Crippen LogP contribution in [-0.4, -0.2) is 29.3 Å². The van der Waals surface area contributed by atoms with Gasteiger partial charge in [0.15, 0.2) is 0 Å². The molecule has 4 nitrogen and oxygen atoms in total. The normalized spacial score (nSPS) is 11.8. The first-order valence-electron chi connectivity index (χ1n) is 12.2. The summed E-state index contributed by atoms with van der Waals surface area (Å²) in [6, 6.07) is 25.5. The van der Waals surface area contributed by atoms with E-state index in [0.29, 0.717) is 38.3 Å². The molecule has 0 radical (unpaired) electrons. The van der Waals surface area contributed by atoms with E-state index in [4.69, 9.17) is 0 Å². The molecule has 1 N–H and O–H groups in total. The Kier molecular flexibility index (Phi) is 10.1. The van der Waals surface area contributed by atoms with Crippen LogP contribution >= 0.6 is 15.9 Å². The van der Waals surface area contributed by atoms with Crippen molar-refractivity contribution in [2.45, 2.75) is 52.6 Å². The molecule has 5 heteroatoms. The third-order valence-electron chi connectivity index (χ3n) is 5.97. The number of benzene rings is 3. The van der Waals surface area contributed by atoms with Gasteiger partial charge in [-0.05, 0) is 48.1 Å². The molecule has 0 aliphatic heterocycles. The maximum Gasteiger partial charge on any atom is 0.243 e. The molecule has 0 bridgehead atoms. The molecule has 35 heavy (non-hydrogen) atoms. The van der Waals surface area contributed by atoms with Gasteiger partial charge in [-0.25, -0.2) is 0 Å². The minimum Gasteiger partial charge on any atom is -0.354 e. The lowest BCUT2D eigenvalue weighted by Gasteiger charge is -2.32. The van der Waals surface area contributed by atoms with Crippen LogP contribution in [0.4, 0.5) is 0 Å². The van der Waals surface area contributed by atoms with Crippen molar-refractivity contribution in [1.82, 2.24) is 10.2 Å². The number of nitrogens with one attached hydrogen (secondary N) is 1. The third-order valence-corrected chi connectivity index (χ3v) is 6.50.